The molecule has 3 aromatic rings. The van der Waals surface area contributed by atoms with Crippen molar-refractivity contribution in [1.82, 2.24) is 20.1 Å². The van der Waals surface area contributed by atoms with Gasteiger partial charge in [-0.05, 0) is 62.1 Å². The molecule has 1 aliphatic rings. The highest BCUT2D eigenvalue weighted by Crippen LogP contribution is 2.31. The van der Waals surface area contributed by atoms with Gasteiger partial charge in [0.25, 0.3) is 0 Å². The maximum atomic E-state index is 12.6. The van der Waals surface area contributed by atoms with E-state index in [4.69, 9.17) is 5.10 Å². The van der Waals surface area contributed by atoms with Crippen molar-refractivity contribution in [3.63, 3.8) is 0 Å². The van der Waals surface area contributed by atoms with E-state index >= 15 is 0 Å². The van der Waals surface area contributed by atoms with E-state index in [0.717, 1.165) is 49.2 Å². The number of alkyl halides is 3. The Morgan fingerprint density at radius 2 is 1.84 bits per heavy atom. The molecule has 31 heavy (non-hydrogen) atoms. The summed E-state index contributed by atoms with van der Waals surface area (Å²) in [6.07, 6.45) is 1.46. The maximum absolute atomic E-state index is 12.6. The van der Waals surface area contributed by atoms with Crippen LogP contribution in [0.1, 0.15) is 29.7 Å². The number of aromatic nitrogens is 3. The Morgan fingerprint density at radius 1 is 1.06 bits per heavy atom. The Bertz CT molecular complexity index is 1050. The zero-order valence-corrected chi connectivity index (χ0v) is 16.7. The fourth-order valence-corrected chi connectivity index (χ4v) is 3.76. The zero-order chi connectivity index (χ0) is 21.8. The van der Waals surface area contributed by atoms with Crippen molar-refractivity contribution < 1.29 is 18.0 Å². The van der Waals surface area contributed by atoms with E-state index in [9.17, 15) is 18.0 Å². The van der Waals surface area contributed by atoms with Gasteiger partial charge in [-0.1, -0.05) is 6.07 Å². The SMILES string of the molecule is O=C(NCCn1nc(-c2ccccn2)c2c1CCCC2)Nc1ccc(C(F)(F)F)cc1. The highest BCUT2D eigenvalue weighted by atomic mass is 19.4. The quantitative estimate of drug-likeness (QED) is 0.620. The average Bonchev–Trinajstić information content (AvgIpc) is 3.13. The van der Waals surface area contributed by atoms with Gasteiger partial charge in [-0.3, -0.25) is 9.67 Å². The summed E-state index contributed by atoms with van der Waals surface area (Å²) < 4.78 is 39.8. The lowest BCUT2D eigenvalue weighted by Gasteiger charge is -2.14. The average molecular weight is 429 g/mol. The van der Waals surface area contributed by atoms with Crippen LogP contribution in [-0.2, 0) is 25.6 Å². The molecule has 0 aliphatic heterocycles. The third kappa shape index (κ3) is 4.87. The molecule has 2 amide bonds. The number of benzene rings is 1. The Labute approximate surface area is 177 Å². The molecule has 0 saturated carbocycles. The number of carbonyl (C=O) groups excluding carboxylic acids is 1. The second-order valence-electron chi connectivity index (χ2n) is 7.38. The summed E-state index contributed by atoms with van der Waals surface area (Å²) in [5.74, 6) is 0. The van der Waals surface area contributed by atoms with Gasteiger partial charge in [0.2, 0.25) is 0 Å². The number of urea groups is 1. The number of carbonyl (C=O) groups is 1. The van der Waals surface area contributed by atoms with E-state index in [-0.39, 0.29) is 0 Å². The standard InChI is InChI=1S/C22H22F3N5O/c23-22(24,25)15-8-10-16(11-9-15)28-21(31)27-13-14-30-19-7-2-1-5-17(19)20(29-30)18-6-3-4-12-26-18/h3-4,6,8-12H,1-2,5,7,13-14H2,(H2,27,28,31). The lowest BCUT2D eigenvalue weighted by atomic mass is 9.95. The summed E-state index contributed by atoms with van der Waals surface area (Å²) in [6.45, 7) is 0.831. The highest BCUT2D eigenvalue weighted by molar-refractivity contribution is 5.89. The number of anilines is 1. The van der Waals surface area contributed by atoms with Crippen molar-refractivity contribution in [1.29, 1.82) is 0 Å². The van der Waals surface area contributed by atoms with E-state index in [0.29, 0.717) is 18.8 Å². The molecule has 0 fully saturated rings. The van der Waals surface area contributed by atoms with Gasteiger partial charge in [-0.15, -0.1) is 0 Å². The van der Waals surface area contributed by atoms with Crippen molar-refractivity contribution in [2.45, 2.75) is 38.4 Å². The molecule has 1 aliphatic carbocycles. The Balaban J connectivity index is 1.37. The third-order valence-corrected chi connectivity index (χ3v) is 5.24. The lowest BCUT2D eigenvalue weighted by molar-refractivity contribution is -0.137. The smallest absolute Gasteiger partial charge is 0.336 e. The van der Waals surface area contributed by atoms with Gasteiger partial charge in [-0.25, -0.2) is 4.79 Å². The van der Waals surface area contributed by atoms with Crippen LogP contribution in [0.4, 0.5) is 23.7 Å². The fourth-order valence-electron chi connectivity index (χ4n) is 3.76. The first-order chi connectivity index (χ1) is 14.9. The minimum Gasteiger partial charge on any atom is -0.336 e. The molecule has 0 bridgehead atoms. The topological polar surface area (TPSA) is 71.8 Å². The lowest BCUT2D eigenvalue weighted by Crippen LogP contribution is -2.32. The second-order valence-corrected chi connectivity index (χ2v) is 7.38. The molecule has 0 radical (unpaired) electrons. The van der Waals surface area contributed by atoms with Gasteiger partial charge in [0, 0.05) is 29.7 Å². The fraction of sp³-hybridized carbons (Fsp3) is 0.318. The van der Waals surface area contributed by atoms with Crippen LogP contribution in [0, 0.1) is 0 Å². The molecule has 4 rings (SSSR count). The number of halogens is 3. The summed E-state index contributed by atoms with van der Waals surface area (Å²) >= 11 is 0. The van der Waals surface area contributed by atoms with Gasteiger partial charge in [0.1, 0.15) is 5.69 Å². The number of hydrogen-bond acceptors (Lipinski definition) is 3. The molecule has 6 nitrogen and oxygen atoms in total. The first-order valence-electron chi connectivity index (χ1n) is 10.1. The molecule has 9 heteroatoms. The van der Waals surface area contributed by atoms with E-state index < -0.39 is 17.8 Å². The Hall–Kier alpha value is -3.36. The van der Waals surface area contributed by atoms with Crippen molar-refractivity contribution in [2.24, 2.45) is 0 Å². The number of rotatable bonds is 5. The molecule has 162 valence electrons. The zero-order valence-electron chi connectivity index (χ0n) is 16.7. The van der Waals surface area contributed by atoms with Gasteiger partial charge in [0.05, 0.1) is 17.8 Å². The molecule has 0 saturated heterocycles. The third-order valence-electron chi connectivity index (χ3n) is 5.24. The van der Waals surface area contributed by atoms with Crippen LogP contribution in [0.3, 0.4) is 0 Å². The molecule has 0 spiro atoms. The molecule has 0 unspecified atom stereocenters. The van der Waals surface area contributed by atoms with Gasteiger partial charge < -0.3 is 10.6 Å². The van der Waals surface area contributed by atoms with Crippen molar-refractivity contribution in [2.75, 3.05) is 11.9 Å². The van der Waals surface area contributed by atoms with E-state index in [2.05, 4.69) is 15.6 Å². The van der Waals surface area contributed by atoms with Crippen LogP contribution in [0.25, 0.3) is 11.4 Å². The molecule has 0 atom stereocenters. The van der Waals surface area contributed by atoms with Gasteiger partial charge >= 0.3 is 12.2 Å². The minimum atomic E-state index is -4.40. The summed E-state index contributed by atoms with van der Waals surface area (Å²) in [4.78, 5) is 16.5. The van der Waals surface area contributed by atoms with Crippen LogP contribution in [0.5, 0.6) is 0 Å². The maximum Gasteiger partial charge on any atom is 0.416 e. The van der Waals surface area contributed by atoms with Crippen LogP contribution in [0.2, 0.25) is 0 Å². The van der Waals surface area contributed by atoms with E-state index in [1.54, 1.807) is 6.20 Å². The predicted octanol–water partition coefficient (Wildman–Crippen LogP) is 4.66. The number of amides is 2. The number of pyridine rings is 1. The number of nitrogens with one attached hydrogen (secondary N) is 2. The predicted molar refractivity (Wildman–Crippen MR) is 111 cm³/mol. The van der Waals surface area contributed by atoms with Gasteiger partial charge in [-0.2, -0.15) is 18.3 Å². The molecular formula is C22H22F3N5O. The van der Waals surface area contributed by atoms with Crippen LogP contribution in [-0.4, -0.2) is 27.3 Å². The summed E-state index contributed by atoms with van der Waals surface area (Å²) in [7, 11) is 0. The van der Waals surface area contributed by atoms with Gasteiger partial charge in [0.15, 0.2) is 0 Å². The van der Waals surface area contributed by atoms with E-state index in [1.165, 1.54) is 23.4 Å². The number of hydrogen-bond donors (Lipinski definition) is 2. The van der Waals surface area contributed by atoms with Crippen molar-refractivity contribution >= 4 is 11.7 Å². The normalized spacial score (nSPS) is 13.5. The van der Waals surface area contributed by atoms with Crippen LogP contribution < -0.4 is 10.6 Å². The minimum absolute atomic E-state index is 0.291. The number of fused-ring (bicyclic) bond motifs is 1. The second kappa shape index (κ2) is 8.79. The Kier molecular flexibility index (Phi) is 5.92. The molecule has 2 N–H and O–H groups in total. The molecular weight excluding hydrogens is 407 g/mol. The monoisotopic (exact) mass is 429 g/mol. The highest BCUT2D eigenvalue weighted by Gasteiger charge is 2.30. The largest absolute Gasteiger partial charge is 0.416 e. The number of nitrogens with zero attached hydrogens (tertiary/aromatic N) is 3. The van der Waals surface area contributed by atoms with E-state index in [1.807, 2.05) is 22.9 Å². The van der Waals surface area contributed by atoms with Crippen molar-refractivity contribution in [3.8, 4) is 11.4 Å². The summed E-state index contributed by atoms with van der Waals surface area (Å²) in [5, 5.41) is 10.0. The molecule has 2 aromatic heterocycles. The first-order valence-corrected chi connectivity index (χ1v) is 10.1. The summed E-state index contributed by atoms with van der Waals surface area (Å²) in [5.41, 5.74) is 3.66. The summed E-state index contributed by atoms with van der Waals surface area (Å²) in [6, 6.07) is 9.59. The molecule has 2 heterocycles. The van der Waals surface area contributed by atoms with Crippen molar-refractivity contribution in [3.05, 3.63) is 65.5 Å². The van der Waals surface area contributed by atoms with Crippen LogP contribution in [0.15, 0.2) is 48.7 Å². The molecule has 1 aromatic carbocycles. The first kappa shape index (κ1) is 20.9. The Morgan fingerprint density at radius 3 is 2.55 bits per heavy atom. The van der Waals surface area contributed by atoms with Crippen LogP contribution >= 0.6 is 0 Å².